The topological polar surface area (TPSA) is 123 Å². The second-order valence-electron chi connectivity index (χ2n) is 8.79. The summed E-state index contributed by atoms with van der Waals surface area (Å²) in [5, 5.41) is 5.12. The summed E-state index contributed by atoms with van der Waals surface area (Å²) in [6, 6.07) is 16.3. The predicted octanol–water partition coefficient (Wildman–Crippen LogP) is 5.56. The fourth-order valence-electron chi connectivity index (χ4n) is 3.92. The molecule has 0 saturated heterocycles. The van der Waals surface area contributed by atoms with Crippen LogP contribution in [0.5, 0.6) is 0 Å². The molecule has 1 aromatic heterocycles. The third-order valence-corrected chi connectivity index (χ3v) is 5.88. The van der Waals surface area contributed by atoms with Crippen LogP contribution in [0.4, 0.5) is 20.2 Å². The highest BCUT2D eigenvalue weighted by Gasteiger charge is 2.16. The number of halogens is 2. The largest absolute Gasteiger partial charge is 0.462 e. The molecular weight excluding hydrogens is 518 g/mol. The van der Waals surface area contributed by atoms with Crippen molar-refractivity contribution in [2.24, 2.45) is 5.73 Å². The maximum absolute atomic E-state index is 14.2. The highest BCUT2D eigenvalue weighted by atomic mass is 19.1. The summed E-state index contributed by atoms with van der Waals surface area (Å²) in [4.78, 5) is 41.7. The Bertz CT molecular complexity index is 1580. The zero-order valence-electron chi connectivity index (χ0n) is 21.5. The van der Waals surface area contributed by atoms with Gasteiger partial charge in [-0.1, -0.05) is 25.1 Å². The van der Waals surface area contributed by atoms with Gasteiger partial charge in [-0.2, -0.15) is 0 Å². The molecule has 0 atom stereocenters. The van der Waals surface area contributed by atoms with Crippen LogP contribution in [-0.4, -0.2) is 29.4 Å². The van der Waals surface area contributed by atoms with Crippen LogP contribution in [0.3, 0.4) is 0 Å². The lowest BCUT2D eigenvalue weighted by molar-refractivity contribution is 0.0504. The number of rotatable bonds is 9. The quantitative estimate of drug-likeness (QED) is 0.237. The number of carbonyl (C=O) groups is 3. The van der Waals surface area contributed by atoms with Crippen LogP contribution in [0.1, 0.15) is 50.0 Å². The fraction of sp³-hybridized carbons (Fsp3) is 0.133. The van der Waals surface area contributed by atoms with Crippen molar-refractivity contribution in [1.82, 2.24) is 4.98 Å². The van der Waals surface area contributed by atoms with Crippen LogP contribution in [0, 0.1) is 11.6 Å². The van der Waals surface area contributed by atoms with Crippen molar-refractivity contribution in [2.45, 2.75) is 19.9 Å². The summed E-state index contributed by atoms with van der Waals surface area (Å²) in [7, 11) is 0. The molecule has 0 fully saturated rings. The lowest BCUT2D eigenvalue weighted by Crippen LogP contribution is -2.14. The second-order valence-corrected chi connectivity index (χ2v) is 8.79. The normalized spacial score (nSPS) is 10.6. The number of nitrogens with zero attached hydrogens (tertiary/aromatic N) is 1. The van der Waals surface area contributed by atoms with Crippen molar-refractivity contribution in [1.29, 1.82) is 0 Å². The minimum Gasteiger partial charge on any atom is -0.462 e. The number of carbonyl (C=O) groups excluding carboxylic acids is 3. The first-order chi connectivity index (χ1) is 19.3. The molecule has 0 radical (unpaired) electrons. The number of nitrogens with one attached hydrogen (secondary N) is 2. The van der Waals surface area contributed by atoms with Gasteiger partial charge in [-0.25, -0.2) is 13.6 Å². The van der Waals surface area contributed by atoms with E-state index in [1.165, 1.54) is 18.3 Å². The molecule has 4 N–H and O–H groups in total. The van der Waals surface area contributed by atoms with Gasteiger partial charge in [0.1, 0.15) is 5.82 Å². The van der Waals surface area contributed by atoms with Crippen molar-refractivity contribution >= 4 is 29.2 Å². The Morgan fingerprint density at radius 1 is 0.900 bits per heavy atom. The van der Waals surface area contributed by atoms with Crippen molar-refractivity contribution < 1.29 is 27.9 Å². The average Bonchev–Trinajstić information content (AvgIpc) is 2.96. The molecule has 4 rings (SSSR count). The number of ether oxygens (including phenoxy) is 1. The van der Waals surface area contributed by atoms with Crippen molar-refractivity contribution in [3.63, 3.8) is 0 Å². The van der Waals surface area contributed by atoms with Gasteiger partial charge >= 0.3 is 5.97 Å². The first kappa shape index (κ1) is 28.1. The van der Waals surface area contributed by atoms with E-state index < -0.39 is 29.4 Å². The number of anilines is 2. The molecule has 0 aliphatic carbocycles. The molecular formula is C30H26F2N4O4. The van der Waals surface area contributed by atoms with E-state index in [2.05, 4.69) is 15.6 Å². The summed E-state index contributed by atoms with van der Waals surface area (Å²) in [6.07, 6.45) is 2.97. The maximum Gasteiger partial charge on any atom is 0.338 e. The smallest absolute Gasteiger partial charge is 0.338 e. The standard InChI is InChI=1S/C30H26F2N4O4/c1-2-10-40-30(39)22-12-23(31)15-24(13-22)35-28(37)19-5-3-4-18(11-19)25-14-20(6-7-21(25)16-33)29(38)36-27-8-9-34-17-26(27)32/h3-9,11-15,17H,2,10,16,33H2,1H3,(H,35,37)(H,34,36,38). The molecule has 40 heavy (non-hydrogen) atoms. The van der Waals surface area contributed by atoms with Gasteiger partial charge in [-0.3, -0.25) is 14.6 Å². The minimum atomic E-state index is -0.704. The first-order valence-electron chi connectivity index (χ1n) is 12.4. The van der Waals surface area contributed by atoms with Gasteiger partial charge < -0.3 is 21.1 Å². The Hall–Kier alpha value is -4.96. The highest BCUT2D eigenvalue weighted by molar-refractivity contribution is 6.07. The van der Waals surface area contributed by atoms with E-state index >= 15 is 0 Å². The lowest BCUT2D eigenvalue weighted by Gasteiger charge is -2.13. The molecule has 0 aliphatic rings. The summed E-state index contributed by atoms with van der Waals surface area (Å²) in [5.41, 5.74) is 8.39. The monoisotopic (exact) mass is 544 g/mol. The Labute approximate surface area is 229 Å². The van der Waals surface area contributed by atoms with E-state index in [0.717, 1.165) is 18.3 Å². The summed E-state index contributed by atoms with van der Waals surface area (Å²) < 4.78 is 33.2. The van der Waals surface area contributed by atoms with Crippen LogP contribution in [-0.2, 0) is 11.3 Å². The molecule has 3 aromatic carbocycles. The molecule has 8 nitrogen and oxygen atoms in total. The van der Waals surface area contributed by atoms with Crippen molar-refractivity contribution in [3.8, 4) is 11.1 Å². The van der Waals surface area contributed by atoms with Gasteiger partial charge in [-0.15, -0.1) is 0 Å². The number of pyridine rings is 1. The maximum atomic E-state index is 14.2. The molecule has 1 heterocycles. The van der Waals surface area contributed by atoms with E-state index in [1.54, 1.807) is 42.5 Å². The Morgan fingerprint density at radius 3 is 2.42 bits per heavy atom. The summed E-state index contributed by atoms with van der Waals surface area (Å²) in [5.74, 6) is -3.15. The van der Waals surface area contributed by atoms with Crippen LogP contribution in [0.15, 0.2) is 79.1 Å². The number of hydrogen-bond donors (Lipinski definition) is 3. The Morgan fingerprint density at radius 2 is 1.68 bits per heavy atom. The van der Waals surface area contributed by atoms with Gasteiger partial charge in [0, 0.05) is 29.6 Å². The molecule has 204 valence electrons. The molecule has 0 saturated carbocycles. The number of benzene rings is 3. The number of nitrogens with two attached hydrogens (primary N) is 1. The van der Waals surface area contributed by atoms with Gasteiger partial charge in [0.25, 0.3) is 11.8 Å². The average molecular weight is 545 g/mol. The van der Waals surface area contributed by atoms with Crippen LogP contribution >= 0.6 is 0 Å². The van der Waals surface area contributed by atoms with Gasteiger partial charge in [0.2, 0.25) is 0 Å². The number of aromatic nitrogens is 1. The van der Waals surface area contributed by atoms with E-state index in [1.807, 2.05) is 6.92 Å². The third-order valence-electron chi connectivity index (χ3n) is 5.88. The van der Waals surface area contributed by atoms with E-state index in [-0.39, 0.29) is 41.2 Å². The molecule has 10 heteroatoms. The predicted molar refractivity (Wildman–Crippen MR) is 147 cm³/mol. The van der Waals surface area contributed by atoms with E-state index in [4.69, 9.17) is 10.5 Å². The minimum absolute atomic E-state index is 0.0118. The number of amides is 2. The van der Waals surface area contributed by atoms with E-state index in [0.29, 0.717) is 23.1 Å². The van der Waals surface area contributed by atoms with Crippen LogP contribution in [0.2, 0.25) is 0 Å². The van der Waals surface area contributed by atoms with E-state index in [9.17, 15) is 23.2 Å². The van der Waals surface area contributed by atoms with Crippen LogP contribution in [0.25, 0.3) is 11.1 Å². The summed E-state index contributed by atoms with van der Waals surface area (Å²) >= 11 is 0. The second kappa shape index (κ2) is 12.7. The molecule has 2 amide bonds. The van der Waals surface area contributed by atoms with Gasteiger partial charge in [0.15, 0.2) is 5.82 Å². The Kier molecular flexibility index (Phi) is 8.93. The zero-order chi connectivity index (χ0) is 28.6. The molecule has 0 unspecified atom stereocenters. The molecule has 4 aromatic rings. The number of hydrogen-bond acceptors (Lipinski definition) is 6. The zero-order valence-corrected chi connectivity index (χ0v) is 21.5. The fourth-order valence-corrected chi connectivity index (χ4v) is 3.92. The van der Waals surface area contributed by atoms with Crippen LogP contribution < -0.4 is 16.4 Å². The molecule has 0 aliphatic heterocycles. The Balaban J connectivity index is 1.58. The molecule has 0 spiro atoms. The molecule has 0 bridgehead atoms. The first-order valence-corrected chi connectivity index (χ1v) is 12.4. The van der Waals surface area contributed by atoms with Crippen molar-refractivity contribution in [3.05, 3.63) is 113 Å². The van der Waals surface area contributed by atoms with Gasteiger partial charge in [0.05, 0.1) is 24.1 Å². The van der Waals surface area contributed by atoms with Gasteiger partial charge in [-0.05, 0) is 71.6 Å². The SMILES string of the molecule is CCCOC(=O)c1cc(F)cc(NC(=O)c2cccc(-c3cc(C(=O)Nc4ccncc4F)ccc3CN)c2)c1. The lowest BCUT2D eigenvalue weighted by atomic mass is 9.95. The number of esters is 1. The van der Waals surface area contributed by atoms with Crippen molar-refractivity contribution in [2.75, 3.05) is 17.2 Å². The highest BCUT2D eigenvalue weighted by Crippen LogP contribution is 2.27. The summed E-state index contributed by atoms with van der Waals surface area (Å²) in [6.45, 7) is 2.19. The third kappa shape index (κ3) is 6.72.